The zero-order valence-electron chi connectivity index (χ0n) is 21.0. The van der Waals surface area contributed by atoms with E-state index in [9.17, 15) is 14.7 Å². The Morgan fingerprint density at radius 3 is 2.44 bits per heavy atom. The van der Waals surface area contributed by atoms with Crippen LogP contribution in [0.15, 0.2) is 42.5 Å². The number of nitrogens with zero attached hydrogens (tertiary/aromatic N) is 2. The van der Waals surface area contributed by atoms with E-state index in [0.29, 0.717) is 36.9 Å². The average molecular weight is 499 g/mol. The fourth-order valence-electron chi connectivity index (χ4n) is 4.99. The van der Waals surface area contributed by atoms with Gasteiger partial charge in [0.05, 0.1) is 26.2 Å². The highest BCUT2D eigenvalue weighted by atomic mass is 16.7. The Morgan fingerprint density at radius 1 is 1.06 bits per heavy atom. The van der Waals surface area contributed by atoms with Crippen LogP contribution in [0, 0.1) is 5.92 Å². The van der Waals surface area contributed by atoms with E-state index < -0.39 is 17.9 Å². The molecule has 0 saturated carbocycles. The van der Waals surface area contributed by atoms with Crippen molar-refractivity contribution in [3.8, 4) is 17.2 Å². The zero-order chi connectivity index (χ0) is 25.7. The topological polar surface area (TPSA) is 97.8 Å². The molecule has 1 amide bonds. The van der Waals surface area contributed by atoms with Crippen molar-refractivity contribution in [2.24, 2.45) is 5.92 Å². The van der Waals surface area contributed by atoms with Crippen molar-refractivity contribution < 1.29 is 33.7 Å². The van der Waals surface area contributed by atoms with Crippen LogP contribution in [0.2, 0.25) is 0 Å². The molecule has 36 heavy (non-hydrogen) atoms. The van der Waals surface area contributed by atoms with E-state index in [-0.39, 0.29) is 25.2 Å². The summed E-state index contributed by atoms with van der Waals surface area (Å²) in [6.07, 6.45) is 1.55. The van der Waals surface area contributed by atoms with E-state index in [1.165, 1.54) is 5.06 Å². The van der Waals surface area contributed by atoms with Gasteiger partial charge >= 0.3 is 5.97 Å². The van der Waals surface area contributed by atoms with Crippen LogP contribution in [0.25, 0.3) is 0 Å². The molecule has 1 fully saturated rings. The maximum absolute atomic E-state index is 13.3. The van der Waals surface area contributed by atoms with E-state index in [1.54, 1.807) is 7.11 Å². The SMILES string of the molecule is CCCON(CCC)C(=O)CN1C[C@H](c2ccc3c(c2)OCO3)[C@H](C(=O)O)[C@H]1c1ccc(OC)cc1. The Labute approximate surface area is 211 Å². The number of fused-ring (bicyclic) bond motifs is 1. The van der Waals surface area contributed by atoms with Crippen LogP contribution >= 0.6 is 0 Å². The number of amides is 1. The van der Waals surface area contributed by atoms with Crippen molar-refractivity contribution in [1.82, 2.24) is 9.96 Å². The number of carbonyl (C=O) groups is 2. The molecule has 3 atom stereocenters. The van der Waals surface area contributed by atoms with Gasteiger partial charge in [-0.2, -0.15) is 0 Å². The van der Waals surface area contributed by atoms with E-state index in [1.807, 2.05) is 61.2 Å². The number of benzene rings is 2. The van der Waals surface area contributed by atoms with Crippen molar-refractivity contribution in [3.05, 3.63) is 53.6 Å². The Bertz CT molecular complexity index is 1060. The predicted molar refractivity (Wildman–Crippen MR) is 132 cm³/mol. The fraction of sp³-hybridized carbons (Fsp3) is 0.481. The summed E-state index contributed by atoms with van der Waals surface area (Å²) in [4.78, 5) is 33.7. The number of methoxy groups -OCH3 is 1. The van der Waals surface area contributed by atoms with Gasteiger partial charge in [0.2, 0.25) is 6.79 Å². The highest BCUT2D eigenvalue weighted by molar-refractivity contribution is 5.78. The second-order valence-electron chi connectivity index (χ2n) is 9.06. The summed E-state index contributed by atoms with van der Waals surface area (Å²) < 4.78 is 16.3. The molecule has 0 spiro atoms. The predicted octanol–water partition coefficient (Wildman–Crippen LogP) is 3.85. The van der Waals surface area contributed by atoms with E-state index in [2.05, 4.69) is 0 Å². The monoisotopic (exact) mass is 498 g/mol. The average Bonchev–Trinajstić information content (AvgIpc) is 3.50. The normalized spacial score (nSPS) is 20.9. The number of aliphatic carboxylic acids is 1. The number of carboxylic acid groups (broad SMARTS) is 1. The molecule has 2 aromatic rings. The molecule has 2 aliphatic rings. The molecule has 1 N–H and O–H groups in total. The van der Waals surface area contributed by atoms with E-state index in [4.69, 9.17) is 19.0 Å². The van der Waals surface area contributed by atoms with Crippen LogP contribution in [0.3, 0.4) is 0 Å². The number of carboxylic acids is 1. The second kappa shape index (κ2) is 11.6. The van der Waals surface area contributed by atoms with Gasteiger partial charge in [-0.3, -0.25) is 19.3 Å². The number of ether oxygens (including phenoxy) is 3. The molecule has 0 aromatic heterocycles. The molecule has 9 heteroatoms. The first-order chi connectivity index (χ1) is 17.5. The Kier molecular flexibility index (Phi) is 8.32. The van der Waals surface area contributed by atoms with Crippen molar-refractivity contribution in [2.75, 3.05) is 40.1 Å². The van der Waals surface area contributed by atoms with Gasteiger partial charge in [-0.15, -0.1) is 0 Å². The van der Waals surface area contributed by atoms with Gasteiger partial charge in [0.1, 0.15) is 5.75 Å². The molecule has 9 nitrogen and oxygen atoms in total. The zero-order valence-corrected chi connectivity index (χ0v) is 21.0. The quantitative estimate of drug-likeness (QED) is 0.467. The maximum atomic E-state index is 13.3. The summed E-state index contributed by atoms with van der Waals surface area (Å²) in [5, 5.41) is 11.8. The summed E-state index contributed by atoms with van der Waals surface area (Å²) in [6, 6.07) is 12.4. The minimum atomic E-state index is -0.916. The molecule has 194 valence electrons. The van der Waals surface area contributed by atoms with E-state index >= 15 is 0 Å². The number of hydrogen-bond donors (Lipinski definition) is 1. The molecule has 0 aliphatic carbocycles. The number of carbonyl (C=O) groups excluding carboxylic acids is 1. The molecule has 0 unspecified atom stereocenters. The smallest absolute Gasteiger partial charge is 0.309 e. The molecule has 2 aliphatic heterocycles. The van der Waals surface area contributed by atoms with Gasteiger partial charge in [0.15, 0.2) is 11.5 Å². The summed E-state index contributed by atoms with van der Waals surface area (Å²) >= 11 is 0. The molecular weight excluding hydrogens is 464 g/mol. The van der Waals surface area contributed by atoms with Crippen molar-refractivity contribution in [1.29, 1.82) is 0 Å². The van der Waals surface area contributed by atoms with Crippen molar-refractivity contribution in [2.45, 2.75) is 38.6 Å². The summed E-state index contributed by atoms with van der Waals surface area (Å²) in [5.74, 6) is -0.295. The summed E-state index contributed by atoms with van der Waals surface area (Å²) in [7, 11) is 1.59. The third kappa shape index (κ3) is 5.42. The number of hydroxylamine groups is 2. The fourth-order valence-corrected chi connectivity index (χ4v) is 4.99. The summed E-state index contributed by atoms with van der Waals surface area (Å²) in [5.41, 5.74) is 1.66. The highest BCUT2D eigenvalue weighted by Crippen LogP contribution is 2.47. The lowest BCUT2D eigenvalue weighted by Crippen LogP contribution is -2.41. The number of hydrogen-bond acceptors (Lipinski definition) is 7. The first-order valence-electron chi connectivity index (χ1n) is 12.4. The second-order valence-corrected chi connectivity index (χ2v) is 9.06. The molecule has 0 radical (unpaired) electrons. The molecule has 1 saturated heterocycles. The highest BCUT2D eigenvalue weighted by Gasteiger charge is 2.48. The summed E-state index contributed by atoms with van der Waals surface area (Å²) in [6.45, 7) is 5.49. The minimum absolute atomic E-state index is 0.0469. The van der Waals surface area contributed by atoms with Crippen molar-refractivity contribution in [3.63, 3.8) is 0 Å². The third-order valence-electron chi connectivity index (χ3n) is 6.66. The largest absolute Gasteiger partial charge is 0.497 e. The van der Waals surface area contributed by atoms with Gasteiger partial charge in [-0.25, -0.2) is 5.06 Å². The lowest BCUT2D eigenvalue weighted by Gasteiger charge is -2.29. The number of rotatable bonds is 11. The van der Waals surface area contributed by atoms with Crippen LogP contribution in [-0.2, 0) is 14.4 Å². The van der Waals surface area contributed by atoms with Crippen LogP contribution in [0.1, 0.15) is 49.8 Å². The van der Waals surface area contributed by atoms with Gasteiger partial charge in [-0.1, -0.05) is 32.0 Å². The molecule has 2 aromatic carbocycles. The van der Waals surface area contributed by atoms with Crippen molar-refractivity contribution >= 4 is 11.9 Å². The lowest BCUT2D eigenvalue weighted by atomic mass is 9.82. The van der Waals surface area contributed by atoms with Crippen LogP contribution in [0.4, 0.5) is 0 Å². The first-order valence-corrected chi connectivity index (χ1v) is 12.4. The Morgan fingerprint density at radius 2 is 1.78 bits per heavy atom. The van der Waals surface area contributed by atoms with Crippen LogP contribution in [0.5, 0.6) is 17.2 Å². The molecule has 0 bridgehead atoms. The van der Waals surface area contributed by atoms with Gasteiger partial charge < -0.3 is 19.3 Å². The molecule has 2 heterocycles. The maximum Gasteiger partial charge on any atom is 0.309 e. The molecular formula is C27H34N2O7. The van der Waals surface area contributed by atoms with Gasteiger partial charge in [-0.05, 0) is 48.2 Å². The minimum Gasteiger partial charge on any atom is -0.497 e. The van der Waals surface area contributed by atoms with E-state index in [0.717, 1.165) is 24.0 Å². The van der Waals surface area contributed by atoms with Crippen LogP contribution in [-0.4, -0.2) is 67.1 Å². The lowest BCUT2D eigenvalue weighted by molar-refractivity contribution is -0.188. The standard InChI is InChI=1S/C27H34N2O7/c1-4-12-29(36-13-5-2)24(30)16-28-15-21(19-8-11-22-23(14-19)35-17-34-22)25(27(31)32)26(28)18-6-9-20(33-3)10-7-18/h6-11,14,21,25-26H,4-5,12-13,15-17H2,1-3H3,(H,31,32)/t21-,25+,26-/m1/s1. The first kappa shape index (κ1) is 25.8. The van der Waals surface area contributed by atoms with Gasteiger partial charge in [0, 0.05) is 25.0 Å². The molecule has 4 rings (SSSR count). The Hall–Kier alpha value is -3.30. The Balaban J connectivity index is 1.68. The van der Waals surface area contributed by atoms with Crippen LogP contribution < -0.4 is 14.2 Å². The third-order valence-corrected chi connectivity index (χ3v) is 6.66. The van der Waals surface area contributed by atoms with Gasteiger partial charge in [0.25, 0.3) is 5.91 Å². The number of likely N-dealkylation sites (tertiary alicyclic amines) is 1.